The van der Waals surface area contributed by atoms with E-state index in [4.69, 9.17) is 4.74 Å². The lowest BCUT2D eigenvalue weighted by atomic mass is 10.3. The Morgan fingerprint density at radius 1 is 1.29 bits per heavy atom. The highest BCUT2D eigenvalue weighted by molar-refractivity contribution is 5.83. The first-order chi connectivity index (χ1) is 8.11. The van der Waals surface area contributed by atoms with Gasteiger partial charge < -0.3 is 15.0 Å². The molecule has 0 aliphatic carbocycles. The van der Waals surface area contributed by atoms with E-state index in [9.17, 15) is 9.59 Å². The highest BCUT2D eigenvalue weighted by Crippen LogP contribution is 1.95. The van der Waals surface area contributed by atoms with E-state index in [1.165, 1.54) is 6.92 Å². The van der Waals surface area contributed by atoms with Crippen LogP contribution in [0.1, 0.15) is 33.1 Å². The fourth-order valence-electron chi connectivity index (χ4n) is 1.37. The van der Waals surface area contributed by atoms with Gasteiger partial charge in [-0.2, -0.15) is 0 Å². The van der Waals surface area contributed by atoms with Crippen LogP contribution in [-0.2, 0) is 14.3 Å². The predicted molar refractivity (Wildman–Crippen MR) is 66.7 cm³/mol. The number of ether oxygens (including phenoxy) is 1. The highest BCUT2D eigenvalue weighted by Gasteiger charge is 2.12. The zero-order valence-corrected chi connectivity index (χ0v) is 11.1. The average Bonchev–Trinajstić information content (AvgIpc) is 2.29. The van der Waals surface area contributed by atoms with Crippen LogP contribution in [0.5, 0.6) is 0 Å². The van der Waals surface area contributed by atoms with Gasteiger partial charge in [0.2, 0.25) is 11.8 Å². The molecule has 0 spiro atoms. The van der Waals surface area contributed by atoms with Crippen molar-refractivity contribution in [2.24, 2.45) is 0 Å². The van der Waals surface area contributed by atoms with Gasteiger partial charge in [-0.15, -0.1) is 0 Å². The first-order valence-electron chi connectivity index (χ1n) is 6.13. The van der Waals surface area contributed by atoms with Crippen molar-refractivity contribution >= 4 is 11.8 Å². The minimum Gasteiger partial charge on any atom is -0.385 e. The Balaban J connectivity index is 3.83. The largest absolute Gasteiger partial charge is 0.385 e. The SMILES string of the molecule is CCCCN(CC(=O)NCCCOC)C(C)=O. The van der Waals surface area contributed by atoms with E-state index < -0.39 is 0 Å². The molecule has 17 heavy (non-hydrogen) atoms. The van der Waals surface area contributed by atoms with Gasteiger partial charge in [-0.1, -0.05) is 13.3 Å². The van der Waals surface area contributed by atoms with Crippen LogP contribution in [0.3, 0.4) is 0 Å². The van der Waals surface area contributed by atoms with E-state index in [2.05, 4.69) is 12.2 Å². The standard InChI is InChI=1S/C12H24N2O3/c1-4-5-8-14(11(2)15)10-12(16)13-7-6-9-17-3/h4-10H2,1-3H3,(H,13,16). The maximum absolute atomic E-state index is 11.5. The van der Waals surface area contributed by atoms with E-state index in [1.54, 1.807) is 12.0 Å². The molecule has 0 atom stereocenters. The molecule has 0 aromatic carbocycles. The van der Waals surface area contributed by atoms with Gasteiger partial charge in [0, 0.05) is 33.7 Å². The summed E-state index contributed by atoms with van der Waals surface area (Å²) in [5.41, 5.74) is 0. The molecule has 5 nitrogen and oxygen atoms in total. The molecule has 0 bridgehead atoms. The van der Waals surface area contributed by atoms with Gasteiger partial charge in [0.15, 0.2) is 0 Å². The third kappa shape index (κ3) is 8.68. The Labute approximate surface area is 103 Å². The number of unbranched alkanes of at least 4 members (excludes halogenated alkanes) is 1. The molecule has 2 amide bonds. The number of nitrogens with zero attached hydrogens (tertiary/aromatic N) is 1. The number of hydrogen-bond acceptors (Lipinski definition) is 3. The van der Waals surface area contributed by atoms with Gasteiger partial charge in [0.05, 0.1) is 6.54 Å². The Bertz CT molecular complexity index is 232. The van der Waals surface area contributed by atoms with Crippen LogP contribution in [-0.4, -0.2) is 50.1 Å². The van der Waals surface area contributed by atoms with Crippen LogP contribution >= 0.6 is 0 Å². The van der Waals surface area contributed by atoms with Gasteiger partial charge >= 0.3 is 0 Å². The minimum atomic E-state index is -0.104. The molecule has 0 heterocycles. The Morgan fingerprint density at radius 3 is 2.53 bits per heavy atom. The van der Waals surface area contributed by atoms with Crippen molar-refractivity contribution < 1.29 is 14.3 Å². The summed E-state index contributed by atoms with van der Waals surface area (Å²) in [5, 5.41) is 2.77. The summed E-state index contributed by atoms with van der Waals surface area (Å²) >= 11 is 0. The zero-order chi connectivity index (χ0) is 13.1. The Hall–Kier alpha value is -1.10. The summed E-state index contributed by atoms with van der Waals surface area (Å²) in [4.78, 5) is 24.4. The second kappa shape index (κ2) is 10.1. The molecule has 0 aromatic rings. The van der Waals surface area contributed by atoms with Crippen LogP contribution < -0.4 is 5.32 Å². The van der Waals surface area contributed by atoms with Gasteiger partial charge in [0.25, 0.3) is 0 Å². The molecule has 0 fully saturated rings. The lowest BCUT2D eigenvalue weighted by molar-refractivity contribution is -0.134. The minimum absolute atomic E-state index is 0.0505. The summed E-state index contributed by atoms with van der Waals surface area (Å²) in [6.07, 6.45) is 2.73. The van der Waals surface area contributed by atoms with Crippen molar-refractivity contribution in [1.29, 1.82) is 0 Å². The summed E-state index contributed by atoms with van der Waals surface area (Å²) < 4.78 is 4.88. The van der Waals surface area contributed by atoms with Crippen LogP contribution in [0.15, 0.2) is 0 Å². The van der Waals surface area contributed by atoms with Gasteiger partial charge in [-0.25, -0.2) is 0 Å². The fourth-order valence-corrected chi connectivity index (χ4v) is 1.37. The molecule has 5 heteroatoms. The predicted octanol–water partition coefficient (Wildman–Crippen LogP) is 0.788. The summed E-state index contributed by atoms with van der Waals surface area (Å²) in [5.74, 6) is -0.155. The van der Waals surface area contributed by atoms with Crippen molar-refractivity contribution in [3.8, 4) is 0 Å². The molecule has 0 saturated carbocycles. The molecule has 1 N–H and O–H groups in total. The van der Waals surface area contributed by atoms with Crippen molar-refractivity contribution in [3.05, 3.63) is 0 Å². The summed E-state index contributed by atoms with van der Waals surface area (Å²) in [7, 11) is 1.63. The second-order valence-electron chi connectivity index (χ2n) is 3.99. The third-order valence-electron chi connectivity index (χ3n) is 2.41. The van der Waals surface area contributed by atoms with Crippen molar-refractivity contribution in [2.75, 3.05) is 33.4 Å². The number of amides is 2. The molecule has 0 aliphatic heterocycles. The third-order valence-corrected chi connectivity index (χ3v) is 2.41. The van der Waals surface area contributed by atoms with Gasteiger partial charge in [0.1, 0.15) is 0 Å². The van der Waals surface area contributed by atoms with E-state index in [0.717, 1.165) is 19.3 Å². The average molecular weight is 244 g/mol. The molecule has 0 saturated heterocycles. The molecule has 0 radical (unpaired) electrons. The first-order valence-corrected chi connectivity index (χ1v) is 6.13. The molecule has 100 valence electrons. The van der Waals surface area contributed by atoms with Crippen LogP contribution in [0.4, 0.5) is 0 Å². The topological polar surface area (TPSA) is 58.6 Å². The van der Waals surface area contributed by atoms with Gasteiger partial charge in [-0.05, 0) is 12.8 Å². The number of hydrogen-bond donors (Lipinski definition) is 1. The van der Waals surface area contributed by atoms with Crippen molar-refractivity contribution in [3.63, 3.8) is 0 Å². The zero-order valence-electron chi connectivity index (χ0n) is 11.1. The van der Waals surface area contributed by atoms with E-state index >= 15 is 0 Å². The highest BCUT2D eigenvalue weighted by atomic mass is 16.5. The molecule has 0 aromatic heterocycles. The Morgan fingerprint density at radius 2 is 2.00 bits per heavy atom. The molecule has 0 aliphatic rings. The molecule has 0 unspecified atom stereocenters. The lowest BCUT2D eigenvalue weighted by Crippen LogP contribution is -2.40. The van der Waals surface area contributed by atoms with E-state index in [-0.39, 0.29) is 18.4 Å². The molecular weight excluding hydrogens is 220 g/mol. The number of carbonyl (C=O) groups excluding carboxylic acids is 2. The lowest BCUT2D eigenvalue weighted by Gasteiger charge is -2.20. The Kier molecular flexibility index (Phi) is 9.43. The number of carbonyl (C=O) groups is 2. The number of nitrogens with one attached hydrogen (secondary N) is 1. The molecular formula is C12H24N2O3. The van der Waals surface area contributed by atoms with E-state index in [1.807, 2.05) is 0 Å². The number of rotatable bonds is 9. The smallest absolute Gasteiger partial charge is 0.239 e. The fraction of sp³-hybridized carbons (Fsp3) is 0.833. The van der Waals surface area contributed by atoms with Gasteiger partial charge in [-0.3, -0.25) is 9.59 Å². The first kappa shape index (κ1) is 15.9. The maximum atomic E-state index is 11.5. The van der Waals surface area contributed by atoms with Crippen molar-refractivity contribution in [1.82, 2.24) is 10.2 Å². The van der Waals surface area contributed by atoms with Crippen LogP contribution in [0.25, 0.3) is 0 Å². The summed E-state index contributed by atoms with van der Waals surface area (Å²) in [6, 6.07) is 0. The maximum Gasteiger partial charge on any atom is 0.239 e. The second-order valence-corrected chi connectivity index (χ2v) is 3.99. The number of methoxy groups -OCH3 is 1. The summed E-state index contributed by atoms with van der Waals surface area (Å²) in [6.45, 7) is 5.58. The van der Waals surface area contributed by atoms with Crippen LogP contribution in [0.2, 0.25) is 0 Å². The van der Waals surface area contributed by atoms with E-state index in [0.29, 0.717) is 19.7 Å². The van der Waals surface area contributed by atoms with Crippen molar-refractivity contribution in [2.45, 2.75) is 33.1 Å². The normalized spacial score (nSPS) is 10.1. The van der Waals surface area contributed by atoms with Crippen LogP contribution in [0, 0.1) is 0 Å². The quantitative estimate of drug-likeness (QED) is 0.610. The monoisotopic (exact) mass is 244 g/mol. The molecule has 0 rings (SSSR count).